The van der Waals surface area contributed by atoms with Crippen LogP contribution >= 0.6 is 0 Å². The van der Waals surface area contributed by atoms with E-state index in [2.05, 4.69) is 28.5 Å². The van der Waals surface area contributed by atoms with E-state index in [1.54, 1.807) is 20.9 Å². The molecule has 1 aromatic rings. The molecule has 0 aliphatic carbocycles. The molecule has 2 saturated heterocycles. The number of rotatable bonds is 5. The third-order valence-electron chi connectivity index (χ3n) is 5.65. The number of guanidine groups is 1. The molecule has 3 rings (SSSR count). The number of nitrogens with zero attached hydrogens (tertiary/aromatic N) is 2. The molecule has 2 heterocycles. The minimum absolute atomic E-state index is 0.153. The van der Waals surface area contributed by atoms with Crippen LogP contribution in [0.15, 0.2) is 29.3 Å². The van der Waals surface area contributed by atoms with Gasteiger partial charge in [0, 0.05) is 39.9 Å². The Morgan fingerprint density at radius 1 is 1.31 bits per heavy atom. The average Bonchev–Trinajstić information content (AvgIpc) is 2.70. The van der Waals surface area contributed by atoms with E-state index in [-0.39, 0.29) is 11.9 Å². The van der Waals surface area contributed by atoms with Crippen molar-refractivity contribution in [2.24, 2.45) is 4.99 Å². The Morgan fingerprint density at radius 2 is 2.03 bits per heavy atom. The number of benzene rings is 1. The second-order valence-corrected chi connectivity index (χ2v) is 11.1. The van der Waals surface area contributed by atoms with Crippen LogP contribution in [0.1, 0.15) is 37.8 Å². The molecule has 0 bridgehead atoms. The van der Waals surface area contributed by atoms with Crippen LogP contribution in [0.3, 0.4) is 0 Å². The summed E-state index contributed by atoms with van der Waals surface area (Å²) >= 11 is 0. The van der Waals surface area contributed by atoms with Gasteiger partial charge in [0.25, 0.3) is 0 Å². The summed E-state index contributed by atoms with van der Waals surface area (Å²) in [6.45, 7) is 7.25. The molecular formula is C21H33N3O4S. The fourth-order valence-electron chi connectivity index (χ4n) is 3.72. The summed E-state index contributed by atoms with van der Waals surface area (Å²) in [6.07, 6.45) is 2.20. The number of hydrogen-bond donors (Lipinski definition) is 1. The van der Waals surface area contributed by atoms with E-state index in [0.29, 0.717) is 26.2 Å². The first-order valence-corrected chi connectivity index (χ1v) is 11.9. The Morgan fingerprint density at radius 3 is 2.72 bits per heavy atom. The van der Waals surface area contributed by atoms with Crippen LogP contribution in [-0.2, 0) is 32.5 Å². The van der Waals surface area contributed by atoms with Gasteiger partial charge in [0.15, 0.2) is 15.8 Å². The predicted molar refractivity (Wildman–Crippen MR) is 115 cm³/mol. The molecule has 0 atom stereocenters. The van der Waals surface area contributed by atoms with Gasteiger partial charge in [-0.05, 0) is 37.8 Å². The van der Waals surface area contributed by atoms with Gasteiger partial charge in [0.2, 0.25) is 0 Å². The van der Waals surface area contributed by atoms with Crippen molar-refractivity contribution in [2.75, 3.05) is 39.1 Å². The zero-order valence-electron chi connectivity index (χ0n) is 17.7. The molecule has 8 heteroatoms. The van der Waals surface area contributed by atoms with Gasteiger partial charge >= 0.3 is 0 Å². The lowest BCUT2D eigenvalue weighted by Gasteiger charge is -2.39. The Hall–Kier alpha value is -1.64. The second kappa shape index (κ2) is 9.45. The maximum atomic E-state index is 12.2. The first-order valence-electron chi connectivity index (χ1n) is 10.3. The molecule has 0 unspecified atom stereocenters. The van der Waals surface area contributed by atoms with Crippen LogP contribution in [0.4, 0.5) is 0 Å². The summed E-state index contributed by atoms with van der Waals surface area (Å²) in [7, 11) is -1.34. The Bertz CT molecular complexity index is 817. The standard InChI is InChI=1S/C21H33N3O4S/c1-21(2)16-24(9-12-29(21,25)26)20(22-3)23-14-17-5-4-6-18(13-17)15-28-19-7-10-27-11-8-19/h4-6,13,19H,7-12,14-16H2,1-3H3,(H,22,23). The van der Waals surface area contributed by atoms with Crippen LogP contribution in [-0.4, -0.2) is 69.2 Å². The van der Waals surface area contributed by atoms with Gasteiger partial charge < -0.3 is 19.7 Å². The molecule has 29 heavy (non-hydrogen) atoms. The van der Waals surface area contributed by atoms with Crippen LogP contribution in [0.5, 0.6) is 0 Å². The van der Waals surface area contributed by atoms with E-state index >= 15 is 0 Å². The molecule has 1 aromatic carbocycles. The monoisotopic (exact) mass is 423 g/mol. The van der Waals surface area contributed by atoms with E-state index in [1.807, 2.05) is 11.0 Å². The van der Waals surface area contributed by atoms with Crippen molar-refractivity contribution in [3.63, 3.8) is 0 Å². The molecule has 0 radical (unpaired) electrons. The molecule has 162 valence electrons. The Kier molecular flexibility index (Phi) is 7.19. The number of ether oxygens (including phenoxy) is 2. The maximum absolute atomic E-state index is 12.2. The van der Waals surface area contributed by atoms with E-state index in [4.69, 9.17) is 9.47 Å². The molecule has 2 fully saturated rings. The summed E-state index contributed by atoms with van der Waals surface area (Å²) in [4.78, 5) is 6.39. The molecule has 2 aliphatic heterocycles. The lowest BCUT2D eigenvalue weighted by molar-refractivity contribution is -0.0390. The van der Waals surface area contributed by atoms with Crippen molar-refractivity contribution < 1.29 is 17.9 Å². The van der Waals surface area contributed by atoms with Gasteiger partial charge in [-0.15, -0.1) is 0 Å². The van der Waals surface area contributed by atoms with Gasteiger partial charge in [-0.3, -0.25) is 4.99 Å². The highest BCUT2D eigenvalue weighted by Crippen LogP contribution is 2.23. The fourth-order valence-corrected chi connectivity index (χ4v) is 5.09. The highest BCUT2D eigenvalue weighted by atomic mass is 32.2. The minimum atomic E-state index is -3.07. The number of nitrogens with one attached hydrogen (secondary N) is 1. The quantitative estimate of drug-likeness (QED) is 0.576. The fraction of sp³-hybridized carbons (Fsp3) is 0.667. The highest BCUT2D eigenvalue weighted by Gasteiger charge is 2.40. The van der Waals surface area contributed by atoms with E-state index in [9.17, 15) is 8.42 Å². The van der Waals surface area contributed by atoms with Crippen molar-refractivity contribution in [1.82, 2.24) is 10.2 Å². The third-order valence-corrected chi connectivity index (χ3v) is 8.18. The molecule has 7 nitrogen and oxygen atoms in total. The van der Waals surface area contributed by atoms with Crippen molar-refractivity contribution in [2.45, 2.75) is 50.7 Å². The summed E-state index contributed by atoms with van der Waals surface area (Å²) in [6, 6.07) is 8.34. The summed E-state index contributed by atoms with van der Waals surface area (Å²) in [5.41, 5.74) is 2.29. The predicted octanol–water partition coefficient (Wildman–Crippen LogP) is 1.97. The zero-order chi connectivity index (χ0) is 20.9. The Labute approximate surface area is 174 Å². The molecular weight excluding hydrogens is 390 g/mol. The van der Waals surface area contributed by atoms with Crippen molar-refractivity contribution in [3.05, 3.63) is 35.4 Å². The summed E-state index contributed by atoms with van der Waals surface area (Å²) in [5, 5.41) is 3.38. The highest BCUT2D eigenvalue weighted by molar-refractivity contribution is 7.92. The lowest BCUT2D eigenvalue weighted by atomic mass is 10.1. The average molecular weight is 424 g/mol. The first-order chi connectivity index (χ1) is 13.8. The van der Waals surface area contributed by atoms with Crippen molar-refractivity contribution in [3.8, 4) is 0 Å². The van der Waals surface area contributed by atoms with E-state index in [0.717, 1.165) is 43.1 Å². The minimum Gasteiger partial charge on any atom is -0.381 e. The number of sulfone groups is 1. The van der Waals surface area contributed by atoms with Crippen LogP contribution in [0.25, 0.3) is 0 Å². The molecule has 2 aliphatic rings. The molecule has 1 N–H and O–H groups in total. The molecule has 0 spiro atoms. The molecule has 0 amide bonds. The maximum Gasteiger partial charge on any atom is 0.193 e. The van der Waals surface area contributed by atoms with Gasteiger partial charge in [-0.25, -0.2) is 8.42 Å². The largest absolute Gasteiger partial charge is 0.381 e. The van der Waals surface area contributed by atoms with Crippen LogP contribution < -0.4 is 5.32 Å². The van der Waals surface area contributed by atoms with Crippen molar-refractivity contribution >= 4 is 15.8 Å². The SMILES string of the molecule is CN=C(NCc1cccc(COC2CCOCC2)c1)N1CCS(=O)(=O)C(C)(C)C1. The molecule has 0 aromatic heterocycles. The van der Waals surface area contributed by atoms with Crippen molar-refractivity contribution in [1.29, 1.82) is 0 Å². The van der Waals surface area contributed by atoms with Gasteiger partial charge in [0.1, 0.15) is 0 Å². The van der Waals surface area contributed by atoms with Crippen LogP contribution in [0, 0.1) is 0 Å². The van der Waals surface area contributed by atoms with Gasteiger partial charge in [-0.1, -0.05) is 24.3 Å². The second-order valence-electron chi connectivity index (χ2n) is 8.34. The first kappa shape index (κ1) is 22.1. The van der Waals surface area contributed by atoms with Crippen LogP contribution in [0.2, 0.25) is 0 Å². The van der Waals surface area contributed by atoms with Gasteiger partial charge in [0.05, 0.1) is 23.2 Å². The number of aliphatic imine (C=N–C) groups is 1. The summed E-state index contributed by atoms with van der Waals surface area (Å²) < 4.78 is 35.1. The normalized spacial score (nSPS) is 22.4. The third kappa shape index (κ3) is 5.71. The smallest absolute Gasteiger partial charge is 0.193 e. The van der Waals surface area contributed by atoms with E-state index < -0.39 is 14.6 Å². The lowest BCUT2D eigenvalue weighted by Crippen LogP contribution is -2.57. The Balaban J connectivity index is 1.54. The zero-order valence-corrected chi connectivity index (χ0v) is 18.5. The molecule has 0 saturated carbocycles. The summed E-state index contributed by atoms with van der Waals surface area (Å²) in [5.74, 6) is 0.886. The number of hydrogen-bond acceptors (Lipinski definition) is 5. The topological polar surface area (TPSA) is 80.2 Å². The van der Waals surface area contributed by atoms with E-state index in [1.165, 1.54) is 0 Å². The van der Waals surface area contributed by atoms with Gasteiger partial charge in [-0.2, -0.15) is 0 Å².